The summed E-state index contributed by atoms with van der Waals surface area (Å²) in [5, 5.41) is 0. The highest BCUT2D eigenvalue weighted by atomic mass is 79.9. The molecule has 0 aliphatic heterocycles. The van der Waals surface area contributed by atoms with Crippen molar-refractivity contribution in [1.82, 2.24) is 0 Å². The van der Waals surface area contributed by atoms with Crippen LogP contribution in [0.15, 0.2) is 22.7 Å². The first-order valence-corrected chi connectivity index (χ1v) is 7.87. The molecule has 0 unspecified atom stereocenters. The third kappa shape index (κ3) is 6.24. The molecule has 0 aliphatic carbocycles. The SMILES string of the molecule is CCCCCCCCOc1ccc(C(C)=O)cc1Br. The van der Waals surface area contributed by atoms with Gasteiger partial charge >= 0.3 is 0 Å². The number of unbranched alkanes of at least 4 members (excludes halogenated alkanes) is 5. The van der Waals surface area contributed by atoms with Gasteiger partial charge in [-0.05, 0) is 47.5 Å². The summed E-state index contributed by atoms with van der Waals surface area (Å²) in [5.74, 6) is 0.890. The predicted molar refractivity (Wildman–Crippen MR) is 83.0 cm³/mol. The fourth-order valence-electron chi connectivity index (χ4n) is 1.90. The van der Waals surface area contributed by atoms with E-state index in [4.69, 9.17) is 4.74 Å². The highest BCUT2D eigenvalue weighted by Crippen LogP contribution is 2.26. The zero-order chi connectivity index (χ0) is 14.1. The van der Waals surface area contributed by atoms with Crippen molar-refractivity contribution in [3.63, 3.8) is 0 Å². The molecule has 19 heavy (non-hydrogen) atoms. The van der Waals surface area contributed by atoms with Crippen molar-refractivity contribution in [3.8, 4) is 5.75 Å². The van der Waals surface area contributed by atoms with Crippen molar-refractivity contribution in [2.75, 3.05) is 6.61 Å². The number of ether oxygens (including phenoxy) is 1. The van der Waals surface area contributed by atoms with Gasteiger partial charge in [0.2, 0.25) is 0 Å². The summed E-state index contributed by atoms with van der Waals surface area (Å²) in [7, 11) is 0. The Bertz CT molecular complexity index is 402. The van der Waals surface area contributed by atoms with Crippen LogP contribution in [0.4, 0.5) is 0 Å². The van der Waals surface area contributed by atoms with E-state index >= 15 is 0 Å². The van der Waals surface area contributed by atoms with E-state index < -0.39 is 0 Å². The molecule has 0 radical (unpaired) electrons. The predicted octanol–water partition coefficient (Wildman–Crippen LogP) is 5.39. The summed E-state index contributed by atoms with van der Waals surface area (Å²) in [6, 6.07) is 5.49. The highest BCUT2D eigenvalue weighted by molar-refractivity contribution is 9.10. The molecule has 0 atom stereocenters. The molecule has 1 aromatic carbocycles. The third-order valence-corrected chi connectivity index (χ3v) is 3.71. The van der Waals surface area contributed by atoms with Crippen LogP contribution in [0.5, 0.6) is 5.75 Å². The lowest BCUT2D eigenvalue weighted by Gasteiger charge is -2.09. The van der Waals surface area contributed by atoms with E-state index in [0.29, 0.717) is 5.56 Å². The number of hydrogen-bond acceptors (Lipinski definition) is 2. The molecule has 0 aromatic heterocycles. The van der Waals surface area contributed by atoms with Gasteiger partial charge in [0.15, 0.2) is 5.78 Å². The van der Waals surface area contributed by atoms with Crippen LogP contribution in [0.3, 0.4) is 0 Å². The van der Waals surface area contributed by atoms with Crippen LogP contribution in [-0.2, 0) is 0 Å². The van der Waals surface area contributed by atoms with Crippen LogP contribution in [0.1, 0.15) is 62.7 Å². The second-order valence-electron chi connectivity index (χ2n) is 4.82. The lowest BCUT2D eigenvalue weighted by atomic mass is 10.1. The Morgan fingerprint density at radius 3 is 2.47 bits per heavy atom. The van der Waals surface area contributed by atoms with Crippen LogP contribution in [0, 0.1) is 0 Å². The van der Waals surface area contributed by atoms with Crippen LogP contribution in [0.25, 0.3) is 0 Å². The maximum Gasteiger partial charge on any atom is 0.159 e. The van der Waals surface area contributed by atoms with E-state index in [-0.39, 0.29) is 5.78 Å². The molecule has 0 heterocycles. The molecule has 3 heteroatoms. The summed E-state index contributed by atoms with van der Waals surface area (Å²) in [6.07, 6.45) is 7.55. The molecule has 0 fully saturated rings. The molecule has 0 spiro atoms. The van der Waals surface area contributed by atoms with E-state index in [9.17, 15) is 4.79 Å². The van der Waals surface area contributed by atoms with Crippen LogP contribution >= 0.6 is 15.9 Å². The van der Waals surface area contributed by atoms with Gasteiger partial charge < -0.3 is 4.74 Å². The van der Waals surface area contributed by atoms with Gasteiger partial charge in [0.1, 0.15) is 5.75 Å². The van der Waals surface area contributed by atoms with E-state index in [2.05, 4.69) is 22.9 Å². The minimum absolute atomic E-state index is 0.0724. The lowest BCUT2D eigenvalue weighted by molar-refractivity contribution is 0.101. The number of carbonyl (C=O) groups excluding carboxylic acids is 1. The fraction of sp³-hybridized carbons (Fsp3) is 0.562. The number of Topliss-reactive ketones (excluding diaryl/α,β-unsaturated/α-hetero) is 1. The summed E-state index contributed by atoms with van der Waals surface area (Å²) in [4.78, 5) is 11.2. The average Bonchev–Trinajstić information content (AvgIpc) is 2.39. The van der Waals surface area contributed by atoms with Gasteiger partial charge in [-0.15, -0.1) is 0 Å². The number of carbonyl (C=O) groups is 1. The Morgan fingerprint density at radius 2 is 1.84 bits per heavy atom. The molecule has 0 N–H and O–H groups in total. The van der Waals surface area contributed by atoms with E-state index in [1.165, 1.54) is 32.1 Å². The first kappa shape index (κ1) is 16.2. The first-order valence-electron chi connectivity index (χ1n) is 7.08. The fourth-order valence-corrected chi connectivity index (χ4v) is 2.39. The largest absolute Gasteiger partial charge is 0.492 e. The summed E-state index contributed by atoms with van der Waals surface area (Å²) >= 11 is 3.44. The minimum Gasteiger partial charge on any atom is -0.492 e. The second kappa shape index (κ2) is 9.13. The minimum atomic E-state index is 0.0724. The molecule has 106 valence electrons. The Morgan fingerprint density at radius 1 is 1.16 bits per heavy atom. The van der Waals surface area contributed by atoms with Gasteiger partial charge in [0.05, 0.1) is 11.1 Å². The van der Waals surface area contributed by atoms with Gasteiger partial charge in [-0.2, -0.15) is 0 Å². The number of halogens is 1. The second-order valence-corrected chi connectivity index (χ2v) is 5.67. The zero-order valence-corrected chi connectivity index (χ0v) is 13.5. The third-order valence-electron chi connectivity index (χ3n) is 3.09. The molecular formula is C16H23BrO2. The highest BCUT2D eigenvalue weighted by Gasteiger charge is 2.05. The van der Waals surface area contributed by atoms with Crippen LogP contribution in [0.2, 0.25) is 0 Å². The molecule has 0 aliphatic rings. The van der Waals surface area contributed by atoms with Crippen molar-refractivity contribution in [1.29, 1.82) is 0 Å². The van der Waals surface area contributed by atoms with E-state index in [1.807, 2.05) is 18.2 Å². The first-order chi connectivity index (χ1) is 9.15. The molecule has 1 rings (SSSR count). The number of benzene rings is 1. The Hall–Kier alpha value is -0.830. The Kier molecular flexibility index (Phi) is 7.80. The number of rotatable bonds is 9. The van der Waals surface area contributed by atoms with Crippen molar-refractivity contribution < 1.29 is 9.53 Å². The van der Waals surface area contributed by atoms with Crippen molar-refractivity contribution in [2.45, 2.75) is 52.4 Å². The molecular weight excluding hydrogens is 304 g/mol. The summed E-state index contributed by atoms with van der Waals surface area (Å²) in [6.45, 7) is 4.54. The molecule has 2 nitrogen and oxygen atoms in total. The maximum absolute atomic E-state index is 11.2. The van der Waals surface area contributed by atoms with Gasteiger partial charge in [-0.3, -0.25) is 4.79 Å². The van der Waals surface area contributed by atoms with Crippen molar-refractivity contribution >= 4 is 21.7 Å². The topological polar surface area (TPSA) is 26.3 Å². The molecule has 1 aromatic rings. The normalized spacial score (nSPS) is 10.5. The summed E-state index contributed by atoms with van der Waals surface area (Å²) < 4.78 is 6.57. The Labute approximate surface area is 124 Å². The maximum atomic E-state index is 11.2. The van der Waals surface area contributed by atoms with E-state index in [1.54, 1.807) is 6.92 Å². The van der Waals surface area contributed by atoms with Gasteiger partial charge in [0.25, 0.3) is 0 Å². The lowest BCUT2D eigenvalue weighted by Crippen LogP contribution is -1.99. The van der Waals surface area contributed by atoms with Crippen LogP contribution in [-0.4, -0.2) is 12.4 Å². The quantitative estimate of drug-likeness (QED) is 0.449. The van der Waals surface area contributed by atoms with Gasteiger partial charge in [-0.25, -0.2) is 0 Å². The number of ketones is 1. The van der Waals surface area contributed by atoms with Crippen molar-refractivity contribution in [3.05, 3.63) is 28.2 Å². The van der Waals surface area contributed by atoms with Crippen molar-refractivity contribution in [2.24, 2.45) is 0 Å². The Balaban J connectivity index is 2.28. The van der Waals surface area contributed by atoms with Gasteiger partial charge in [0, 0.05) is 5.56 Å². The standard InChI is InChI=1S/C16H23BrO2/c1-3-4-5-6-7-8-11-19-16-10-9-14(13(2)18)12-15(16)17/h9-10,12H,3-8,11H2,1-2H3. The molecule has 0 amide bonds. The zero-order valence-electron chi connectivity index (χ0n) is 11.9. The smallest absolute Gasteiger partial charge is 0.159 e. The molecule has 0 bridgehead atoms. The average molecular weight is 327 g/mol. The number of hydrogen-bond donors (Lipinski definition) is 0. The van der Waals surface area contributed by atoms with Crippen LogP contribution < -0.4 is 4.74 Å². The summed E-state index contributed by atoms with van der Waals surface area (Å²) in [5.41, 5.74) is 0.707. The van der Waals surface area contributed by atoms with E-state index in [0.717, 1.165) is 23.2 Å². The molecule has 0 saturated heterocycles. The monoisotopic (exact) mass is 326 g/mol. The molecule has 0 saturated carbocycles. The van der Waals surface area contributed by atoms with Gasteiger partial charge in [-0.1, -0.05) is 39.0 Å².